The SMILES string of the molecule is NCCCCCCCC[C@@H]1C(=O)Nc2ccccc2N1S(=O)(=O)c1ccc(Cl)c(Cl)c1. The smallest absolute Gasteiger partial charge is 0.265 e. The molecule has 0 aromatic heterocycles. The second kappa shape index (κ2) is 10.7. The first-order chi connectivity index (χ1) is 14.9. The van der Waals surface area contributed by atoms with E-state index in [2.05, 4.69) is 5.32 Å². The lowest BCUT2D eigenvalue weighted by atomic mass is 10.0. The van der Waals surface area contributed by atoms with Gasteiger partial charge in [-0.05, 0) is 49.7 Å². The zero-order chi connectivity index (χ0) is 22.4. The Morgan fingerprint density at radius 2 is 1.61 bits per heavy atom. The summed E-state index contributed by atoms with van der Waals surface area (Å²) in [6, 6.07) is 10.2. The van der Waals surface area contributed by atoms with Crippen LogP contribution in [0.3, 0.4) is 0 Å². The predicted molar refractivity (Wildman–Crippen MR) is 126 cm³/mol. The number of carbonyl (C=O) groups is 1. The lowest BCUT2D eigenvalue weighted by molar-refractivity contribution is -0.117. The van der Waals surface area contributed by atoms with Crippen LogP contribution in [0.25, 0.3) is 0 Å². The van der Waals surface area contributed by atoms with Gasteiger partial charge < -0.3 is 11.1 Å². The summed E-state index contributed by atoms with van der Waals surface area (Å²) in [4.78, 5) is 12.9. The van der Waals surface area contributed by atoms with Crippen molar-refractivity contribution < 1.29 is 13.2 Å². The molecule has 3 N–H and O–H groups in total. The minimum Gasteiger partial charge on any atom is -0.330 e. The Bertz CT molecular complexity index is 1030. The third-order valence-corrected chi connectivity index (χ3v) is 7.92. The number of hydrogen-bond acceptors (Lipinski definition) is 4. The number of halogens is 2. The lowest BCUT2D eigenvalue weighted by Crippen LogP contribution is -2.50. The third kappa shape index (κ3) is 5.52. The summed E-state index contributed by atoms with van der Waals surface area (Å²) in [6.07, 6.45) is 6.32. The highest BCUT2D eigenvalue weighted by Gasteiger charge is 2.40. The van der Waals surface area contributed by atoms with Crippen LogP contribution in [0, 0.1) is 0 Å². The molecule has 0 unspecified atom stereocenters. The summed E-state index contributed by atoms with van der Waals surface area (Å²) < 4.78 is 28.4. The number of unbranched alkanes of at least 4 members (excludes halogenated alkanes) is 5. The number of para-hydroxylation sites is 2. The summed E-state index contributed by atoms with van der Waals surface area (Å²) in [5.41, 5.74) is 6.43. The van der Waals surface area contributed by atoms with Crippen LogP contribution in [0.15, 0.2) is 47.4 Å². The van der Waals surface area contributed by atoms with Crippen LogP contribution in [-0.2, 0) is 14.8 Å². The van der Waals surface area contributed by atoms with Crippen molar-refractivity contribution >= 4 is 50.5 Å². The molecule has 0 spiro atoms. The first-order valence-corrected chi connectivity index (χ1v) is 12.7. The Labute approximate surface area is 193 Å². The van der Waals surface area contributed by atoms with E-state index in [0.29, 0.717) is 24.3 Å². The second-order valence-corrected chi connectivity index (χ2v) is 10.2. The van der Waals surface area contributed by atoms with Crippen molar-refractivity contribution in [3.05, 3.63) is 52.5 Å². The molecule has 9 heteroatoms. The van der Waals surface area contributed by atoms with Gasteiger partial charge in [0.25, 0.3) is 10.0 Å². The van der Waals surface area contributed by atoms with Crippen LogP contribution in [0.1, 0.15) is 44.9 Å². The fourth-order valence-corrected chi connectivity index (χ4v) is 5.80. The quantitative estimate of drug-likeness (QED) is 0.454. The average molecular weight is 484 g/mol. The molecule has 168 valence electrons. The van der Waals surface area contributed by atoms with Crippen molar-refractivity contribution in [1.29, 1.82) is 0 Å². The molecule has 0 aliphatic carbocycles. The second-order valence-electron chi connectivity index (χ2n) is 7.60. The van der Waals surface area contributed by atoms with E-state index in [4.69, 9.17) is 28.9 Å². The first-order valence-electron chi connectivity index (χ1n) is 10.5. The van der Waals surface area contributed by atoms with Crippen molar-refractivity contribution in [1.82, 2.24) is 0 Å². The summed E-state index contributed by atoms with van der Waals surface area (Å²) in [5.74, 6) is -0.328. The van der Waals surface area contributed by atoms with E-state index < -0.39 is 16.1 Å². The minimum absolute atomic E-state index is 0.00168. The Balaban J connectivity index is 1.86. The number of sulfonamides is 1. The number of benzene rings is 2. The molecule has 0 saturated heterocycles. The van der Waals surface area contributed by atoms with Gasteiger partial charge in [-0.2, -0.15) is 0 Å². The molecule has 6 nitrogen and oxygen atoms in total. The number of anilines is 2. The maximum atomic E-state index is 13.6. The van der Waals surface area contributed by atoms with Crippen molar-refractivity contribution in [2.75, 3.05) is 16.2 Å². The van der Waals surface area contributed by atoms with Gasteiger partial charge in [0.2, 0.25) is 5.91 Å². The molecule has 3 rings (SSSR count). The number of nitrogens with zero attached hydrogens (tertiary/aromatic N) is 1. The standard InChI is InChI=1S/C22H27Cl2N3O3S/c23-17-13-12-16(15-18(17)24)31(29,30)27-20-10-7-6-9-19(20)26-22(28)21(27)11-5-3-1-2-4-8-14-25/h6-7,9-10,12-13,15,21H,1-5,8,11,14,25H2,(H,26,28)/t21-/m1/s1. The molecular formula is C22H27Cl2N3O3S. The average Bonchev–Trinajstić information content (AvgIpc) is 2.74. The summed E-state index contributed by atoms with van der Waals surface area (Å²) in [6.45, 7) is 0.698. The number of rotatable bonds is 10. The molecule has 2 aromatic rings. The van der Waals surface area contributed by atoms with Crippen molar-refractivity contribution in [3.63, 3.8) is 0 Å². The largest absolute Gasteiger partial charge is 0.330 e. The zero-order valence-electron chi connectivity index (χ0n) is 17.2. The van der Waals surface area contributed by atoms with Crippen molar-refractivity contribution in [3.8, 4) is 0 Å². The number of nitrogens with two attached hydrogens (primary N) is 1. The normalized spacial score (nSPS) is 16.2. The molecule has 1 heterocycles. The first kappa shape index (κ1) is 23.9. The zero-order valence-corrected chi connectivity index (χ0v) is 19.5. The lowest BCUT2D eigenvalue weighted by Gasteiger charge is -2.37. The number of fused-ring (bicyclic) bond motifs is 1. The highest BCUT2D eigenvalue weighted by molar-refractivity contribution is 7.93. The van der Waals surface area contributed by atoms with Gasteiger partial charge in [-0.1, -0.05) is 67.4 Å². The number of amides is 1. The Morgan fingerprint density at radius 3 is 2.32 bits per heavy atom. The summed E-state index contributed by atoms with van der Waals surface area (Å²) >= 11 is 12.0. The van der Waals surface area contributed by atoms with E-state index in [1.54, 1.807) is 24.3 Å². The van der Waals surface area contributed by atoms with E-state index in [1.165, 1.54) is 22.5 Å². The van der Waals surface area contributed by atoms with Crippen LogP contribution >= 0.6 is 23.2 Å². The monoisotopic (exact) mass is 483 g/mol. The van der Waals surface area contributed by atoms with Gasteiger partial charge in [0, 0.05) is 0 Å². The van der Waals surface area contributed by atoms with Crippen LogP contribution in [0.2, 0.25) is 10.0 Å². The van der Waals surface area contributed by atoms with Gasteiger partial charge in [-0.3, -0.25) is 9.10 Å². The maximum absolute atomic E-state index is 13.6. The molecule has 0 radical (unpaired) electrons. The molecule has 0 bridgehead atoms. The minimum atomic E-state index is -4.04. The molecule has 1 aliphatic rings. The molecule has 0 saturated carbocycles. The molecule has 2 aromatic carbocycles. The van der Waals surface area contributed by atoms with Gasteiger partial charge in [-0.15, -0.1) is 0 Å². The molecule has 1 amide bonds. The third-order valence-electron chi connectivity index (χ3n) is 5.36. The number of nitrogens with one attached hydrogen (secondary N) is 1. The van der Waals surface area contributed by atoms with E-state index in [-0.39, 0.29) is 20.8 Å². The Hall–Kier alpha value is -1.80. The van der Waals surface area contributed by atoms with Gasteiger partial charge in [0.15, 0.2) is 0 Å². The van der Waals surface area contributed by atoms with Crippen molar-refractivity contribution in [2.24, 2.45) is 5.73 Å². The maximum Gasteiger partial charge on any atom is 0.265 e. The van der Waals surface area contributed by atoms with Gasteiger partial charge in [0.05, 0.1) is 26.3 Å². The summed E-state index contributed by atoms with van der Waals surface area (Å²) in [5, 5.41) is 3.26. The van der Waals surface area contributed by atoms with Gasteiger partial charge in [0.1, 0.15) is 6.04 Å². The molecule has 0 fully saturated rings. The highest BCUT2D eigenvalue weighted by atomic mass is 35.5. The van der Waals surface area contributed by atoms with E-state index >= 15 is 0 Å². The molecule has 1 atom stereocenters. The number of carbonyl (C=O) groups excluding carboxylic acids is 1. The molecular weight excluding hydrogens is 457 g/mol. The van der Waals surface area contributed by atoms with E-state index in [9.17, 15) is 13.2 Å². The topological polar surface area (TPSA) is 92.5 Å². The van der Waals surface area contributed by atoms with Crippen LogP contribution < -0.4 is 15.4 Å². The van der Waals surface area contributed by atoms with Crippen molar-refractivity contribution in [2.45, 2.75) is 55.9 Å². The number of hydrogen-bond donors (Lipinski definition) is 2. The van der Waals surface area contributed by atoms with Crippen LogP contribution in [0.4, 0.5) is 11.4 Å². The highest BCUT2D eigenvalue weighted by Crippen LogP contribution is 2.38. The predicted octanol–water partition coefficient (Wildman–Crippen LogP) is 5.20. The van der Waals surface area contributed by atoms with E-state index in [1.807, 2.05) is 0 Å². The van der Waals surface area contributed by atoms with Gasteiger partial charge >= 0.3 is 0 Å². The van der Waals surface area contributed by atoms with Gasteiger partial charge in [-0.25, -0.2) is 8.42 Å². The van der Waals surface area contributed by atoms with Crippen LogP contribution in [0.5, 0.6) is 0 Å². The summed E-state index contributed by atoms with van der Waals surface area (Å²) in [7, 11) is -4.04. The molecule has 31 heavy (non-hydrogen) atoms. The fraction of sp³-hybridized carbons (Fsp3) is 0.409. The Morgan fingerprint density at radius 1 is 0.935 bits per heavy atom. The fourth-order valence-electron chi connectivity index (χ4n) is 3.75. The Kier molecular flexibility index (Phi) is 8.22. The van der Waals surface area contributed by atoms with Crippen LogP contribution in [-0.4, -0.2) is 26.9 Å². The van der Waals surface area contributed by atoms with E-state index in [0.717, 1.165) is 38.5 Å². The molecule has 1 aliphatic heterocycles.